The van der Waals surface area contributed by atoms with Crippen molar-refractivity contribution in [2.45, 2.75) is 12.3 Å². The third-order valence-electron chi connectivity index (χ3n) is 3.99. The van der Waals surface area contributed by atoms with E-state index in [4.69, 9.17) is 9.47 Å². The number of methoxy groups -OCH3 is 1. The molecule has 0 unspecified atom stereocenters. The van der Waals surface area contributed by atoms with E-state index >= 15 is 0 Å². The van der Waals surface area contributed by atoms with Crippen LogP contribution in [0.25, 0.3) is 0 Å². The van der Waals surface area contributed by atoms with Crippen molar-refractivity contribution in [2.75, 3.05) is 33.9 Å². The number of likely N-dealkylation sites (N-methyl/N-ethyl adjacent to an activating group) is 1. The van der Waals surface area contributed by atoms with Crippen molar-refractivity contribution in [2.24, 2.45) is 5.92 Å². The average molecular weight is 233 g/mol. The lowest BCUT2D eigenvalue weighted by Gasteiger charge is -2.19. The van der Waals surface area contributed by atoms with Crippen molar-refractivity contribution in [1.82, 2.24) is 4.90 Å². The van der Waals surface area contributed by atoms with Gasteiger partial charge in [-0.05, 0) is 31.5 Å². The number of nitrogens with zero attached hydrogens (tertiary/aromatic N) is 1. The molecule has 2 aliphatic heterocycles. The van der Waals surface area contributed by atoms with Gasteiger partial charge in [0, 0.05) is 24.6 Å². The number of hydrogen-bond donors (Lipinski definition) is 0. The molecule has 1 aromatic rings. The third-order valence-corrected chi connectivity index (χ3v) is 3.99. The van der Waals surface area contributed by atoms with Gasteiger partial charge in [0.25, 0.3) is 0 Å². The second-order valence-corrected chi connectivity index (χ2v) is 5.10. The highest BCUT2D eigenvalue weighted by Gasteiger charge is 2.37. The standard InChI is InChI=1S/C14H19NO2/c1-15-8-10-6-7-17-13-5-3-4-12(16-2)14(13)11(10)9-15/h3-5,10-11H,6-9H2,1-2H3/t10-,11-/m1/s1. The summed E-state index contributed by atoms with van der Waals surface area (Å²) in [7, 11) is 3.94. The van der Waals surface area contributed by atoms with E-state index in [1.54, 1.807) is 7.11 Å². The Kier molecular flexibility index (Phi) is 2.71. The van der Waals surface area contributed by atoms with Crippen LogP contribution in [0.1, 0.15) is 17.9 Å². The summed E-state index contributed by atoms with van der Waals surface area (Å²) in [6.45, 7) is 3.11. The first kappa shape index (κ1) is 10.9. The van der Waals surface area contributed by atoms with Crippen LogP contribution in [0.5, 0.6) is 11.5 Å². The molecule has 0 amide bonds. The van der Waals surface area contributed by atoms with E-state index in [2.05, 4.69) is 18.0 Å². The van der Waals surface area contributed by atoms with Crippen LogP contribution in [0.15, 0.2) is 18.2 Å². The quantitative estimate of drug-likeness (QED) is 0.741. The number of ether oxygens (including phenoxy) is 2. The molecule has 1 fully saturated rings. The van der Waals surface area contributed by atoms with Gasteiger partial charge in [-0.25, -0.2) is 0 Å². The Bertz CT molecular complexity index is 419. The Morgan fingerprint density at radius 3 is 3.06 bits per heavy atom. The maximum absolute atomic E-state index is 5.86. The van der Waals surface area contributed by atoms with Gasteiger partial charge in [-0.15, -0.1) is 0 Å². The molecule has 3 nitrogen and oxygen atoms in total. The van der Waals surface area contributed by atoms with E-state index < -0.39 is 0 Å². The van der Waals surface area contributed by atoms with Gasteiger partial charge >= 0.3 is 0 Å². The third kappa shape index (κ3) is 1.78. The van der Waals surface area contributed by atoms with Crippen LogP contribution >= 0.6 is 0 Å². The van der Waals surface area contributed by atoms with Gasteiger partial charge in [-0.2, -0.15) is 0 Å². The number of rotatable bonds is 1. The van der Waals surface area contributed by atoms with E-state index in [1.165, 1.54) is 12.1 Å². The average Bonchev–Trinajstić information content (AvgIpc) is 2.61. The molecule has 0 saturated carbocycles. The van der Waals surface area contributed by atoms with Crippen LogP contribution in [0.4, 0.5) is 0 Å². The molecule has 0 aliphatic carbocycles. The largest absolute Gasteiger partial charge is 0.496 e. The Morgan fingerprint density at radius 2 is 2.24 bits per heavy atom. The van der Waals surface area contributed by atoms with Crippen molar-refractivity contribution in [1.29, 1.82) is 0 Å². The summed E-state index contributed by atoms with van der Waals surface area (Å²) in [5.74, 6) is 3.27. The van der Waals surface area contributed by atoms with Gasteiger partial charge in [0.2, 0.25) is 0 Å². The summed E-state index contributed by atoms with van der Waals surface area (Å²) < 4.78 is 11.4. The lowest BCUT2D eigenvalue weighted by molar-refractivity contribution is 0.286. The van der Waals surface area contributed by atoms with E-state index in [-0.39, 0.29) is 0 Å². The summed E-state index contributed by atoms with van der Waals surface area (Å²) in [6.07, 6.45) is 1.15. The van der Waals surface area contributed by atoms with E-state index in [0.717, 1.165) is 31.1 Å². The molecular formula is C14H19NO2. The van der Waals surface area contributed by atoms with Crippen LogP contribution in [-0.4, -0.2) is 38.8 Å². The maximum Gasteiger partial charge on any atom is 0.126 e. The monoisotopic (exact) mass is 233 g/mol. The lowest BCUT2D eigenvalue weighted by atomic mass is 9.87. The normalized spacial score (nSPS) is 27.9. The first-order chi connectivity index (χ1) is 8.29. The minimum atomic E-state index is 0.564. The van der Waals surface area contributed by atoms with Gasteiger partial charge in [0.1, 0.15) is 11.5 Å². The smallest absolute Gasteiger partial charge is 0.126 e. The molecule has 1 saturated heterocycles. The first-order valence-electron chi connectivity index (χ1n) is 6.28. The first-order valence-corrected chi connectivity index (χ1v) is 6.28. The van der Waals surface area contributed by atoms with Crippen molar-refractivity contribution < 1.29 is 9.47 Å². The van der Waals surface area contributed by atoms with Crippen LogP contribution in [0.2, 0.25) is 0 Å². The maximum atomic E-state index is 5.86. The predicted molar refractivity (Wildman–Crippen MR) is 66.8 cm³/mol. The van der Waals surface area contributed by atoms with Gasteiger partial charge in [0.15, 0.2) is 0 Å². The molecule has 1 aromatic carbocycles. The van der Waals surface area contributed by atoms with Crippen LogP contribution < -0.4 is 9.47 Å². The number of hydrogen-bond acceptors (Lipinski definition) is 3. The minimum absolute atomic E-state index is 0.564. The highest BCUT2D eigenvalue weighted by Crippen LogP contribution is 2.45. The highest BCUT2D eigenvalue weighted by molar-refractivity contribution is 5.48. The second kappa shape index (κ2) is 4.22. The molecule has 92 valence electrons. The zero-order valence-corrected chi connectivity index (χ0v) is 10.5. The second-order valence-electron chi connectivity index (χ2n) is 5.10. The molecule has 0 radical (unpaired) electrons. The van der Waals surface area contributed by atoms with Crippen LogP contribution in [-0.2, 0) is 0 Å². The Hall–Kier alpha value is -1.22. The fourth-order valence-corrected chi connectivity index (χ4v) is 3.22. The lowest BCUT2D eigenvalue weighted by Crippen LogP contribution is -2.15. The summed E-state index contributed by atoms with van der Waals surface area (Å²) in [5.41, 5.74) is 1.28. The number of fused-ring (bicyclic) bond motifs is 3. The molecule has 17 heavy (non-hydrogen) atoms. The van der Waals surface area contributed by atoms with E-state index in [1.807, 2.05) is 12.1 Å². The Labute approximate surface area is 102 Å². The zero-order chi connectivity index (χ0) is 11.8. The molecule has 2 aliphatic rings. The number of benzene rings is 1. The predicted octanol–water partition coefficient (Wildman–Crippen LogP) is 2.12. The summed E-state index contributed by atoms with van der Waals surface area (Å²) in [6, 6.07) is 6.12. The highest BCUT2D eigenvalue weighted by atomic mass is 16.5. The molecule has 3 heteroatoms. The summed E-state index contributed by atoms with van der Waals surface area (Å²) >= 11 is 0. The summed E-state index contributed by atoms with van der Waals surface area (Å²) in [5, 5.41) is 0. The molecule has 0 aromatic heterocycles. The van der Waals surface area contributed by atoms with Crippen molar-refractivity contribution in [3.8, 4) is 11.5 Å². The molecule has 3 rings (SSSR count). The summed E-state index contributed by atoms with van der Waals surface area (Å²) in [4.78, 5) is 2.41. The zero-order valence-electron chi connectivity index (χ0n) is 10.5. The van der Waals surface area contributed by atoms with E-state index in [9.17, 15) is 0 Å². The molecule has 0 bridgehead atoms. The Balaban J connectivity index is 2.07. The molecular weight excluding hydrogens is 214 g/mol. The fraction of sp³-hybridized carbons (Fsp3) is 0.571. The molecule has 2 heterocycles. The van der Waals surface area contributed by atoms with Crippen molar-refractivity contribution >= 4 is 0 Å². The molecule has 0 spiro atoms. The SMILES string of the molecule is COc1cccc2c1[C@@H]1CN(C)C[C@H]1CCO2. The Morgan fingerprint density at radius 1 is 1.35 bits per heavy atom. The van der Waals surface area contributed by atoms with Gasteiger partial charge in [0.05, 0.1) is 13.7 Å². The number of likely N-dealkylation sites (tertiary alicyclic amines) is 1. The van der Waals surface area contributed by atoms with Crippen LogP contribution in [0, 0.1) is 5.92 Å². The van der Waals surface area contributed by atoms with Crippen molar-refractivity contribution in [3.63, 3.8) is 0 Å². The van der Waals surface area contributed by atoms with Crippen LogP contribution in [0.3, 0.4) is 0 Å². The van der Waals surface area contributed by atoms with Gasteiger partial charge < -0.3 is 14.4 Å². The fourth-order valence-electron chi connectivity index (χ4n) is 3.22. The molecule has 0 N–H and O–H groups in total. The van der Waals surface area contributed by atoms with E-state index in [0.29, 0.717) is 11.8 Å². The van der Waals surface area contributed by atoms with Crippen molar-refractivity contribution in [3.05, 3.63) is 23.8 Å². The van der Waals surface area contributed by atoms with Gasteiger partial charge in [-0.3, -0.25) is 0 Å². The minimum Gasteiger partial charge on any atom is -0.496 e. The molecule has 2 atom stereocenters. The topological polar surface area (TPSA) is 21.7 Å². The van der Waals surface area contributed by atoms with Gasteiger partial charge in [-0.1, -0.05) is 6.07 Å².